The second-order valence-electron chi connectivity index (χ2n) is 4.66. The van der Waals surface area contributed by atoms with Crippen LogP contribution in [0.4, 0.5) is 4.79 Å². The minimum absolute atomic E-state index is 0.279. The van der Waals surface area contributed by atoms with E-state index in [1.165, 1.54) is 11.3 Å². The number of carbonyl (C=O) groups is 2. The summed E-state index contributed by atoms with van der Waals surface area (Å²) in [6, 6.07) is 0. The van der Waals surface area contributed by atoms with Gasteiger partial charge in [-0.2, -0.15) is 0 Å². The van der Waals surface area contributed by atoms with Crippen molar-refractivity contribution in [2.75, 3.05) is 13.1 Å². The lowest BCUT2D eigenvalue weighted by Gasteiger charge is -2.19. The predicted octanol–water partition coefficient (Wildman–Crippen LogP) is 2.16. The van der Waals surface area contributed by atoms with Crippen LogP contribution in [0.3, 0.4) is 0 Å². The predicted molar refractivity (Wildman–Crippen MR) is 76.4 cm³/mol. The van der Waals surface area contributed by atoms with Crippen LogP contribution >= 0.6 is 27.3 Å². The van der Waals surface area contributed by atoms with E-state index in [0.717, 1.165) is 0 Å². The van der Waals surface area contributed by atoms with Crippen LogP contribution in [0.1, 0.15) is 31.3 Å². The maximum atomic E-state index is 11.7. The SMILES string of the molecule is CC(C)(C)OC(=O)NCCNC(=O)c1ncsc1Br. The average Bonchev–Trinajstić information content (AvgIpc) is 2.68. The van der Waals surface area contributed by atoms with Gasteiger partial charge in [-0.25, -0.2) is 9.78 Å². The molecule has 106 valence electrons. The van der Waals surface area contributed by atoms with E-state index >= 15 is 0 Å². The van der Waals surface area contributed by atoms with Gasteiger partial charge in [0.05, 0.1) is 5.51 Å². The first-order valence-corrected chi connectivity index (χ1v) is 7.31. The fourth-order valence-corrected chi connectivity index (χ4v) is 2.16. The van der Waals surface area contributed by atoms with E-state index in [1.807, 2.05) is 0 Å². The average molecular weight is 350 g/mol. The number of thiazole rings is 1. The lowest BCUT2D eigenvalue weighted by atomic mass is 10.2. The van der Waals surface area contributed by atoms with Crippen molar-refractivity contribution in [3.05, 3.63) is 15.0 Å². The highest BCUT2D eigenvalue weighted by Crippen LogP contribution is 2.19. The molecule has 0 aliphatic carbocycles. The third-order valence-corrected chi connectivity index (χ3v) is 3.37. The minimum atomic E-state index is -0.529. The fraction of sp³-hybridized carbons (Fsp3) is 0.545. The lowest BCUT2D eigenvalue weighted by Crippen LogP contribution is -2.38. The van der Waals surface area contributed by atoms with E-state index in [0.29, 0.717) is 22.6 Å². The summed E-state index contributed by atoms with van der Waals surface area (Å²) in [5, 5.41) is 5.20. The number of alkyl carbamates (subject to hydrolysis) is 1. The first kappa shape index (κ1) is 15.9. The highest BCUT2D eigenvalue weighted by molar-refractivity contribution is 9.11. The lowest BCUT2D eigenvalue weighted by molar-refractivity contribution is 0.0526. The Balaban J connectivity index is 2.23. The zero-order valence-corrected chi connectivity index (χ0v) is 13.4. The molecule has 8 heteroatoms. The normalized spacial score (nSPS) is 10.9. The van der Waals surface area contributed by atoms with Gasteiger partial charge in [-0.15, -0.1) is 11.3 Å². The second kappa shape index (κ2) is 6.85. The summed E-state index contributed by atoms with van der Waals surface area (Å²) < 4.78 is 5.74. The summed E-state index contributed by atoms with van der Waals surface area (Å²) in [6.07, 6.45) is -0.503. The number of carbonyl (C=O) groups excluding carboxylic acids is 2. The number of rotatable bonds is 4. The van der Waals surface area contributed by atoms with Gasteiger partial charge >= 0.3 is 6.09 Å². The van der Waals surface area contributed by atoms with E-state index < -0.39 is 11.7 Å². The van der Waals surface area contributed by atoms with E-state index in [2.05, 4.69) is 31.5 Å². The molecule has 6 nitrogen and oxygen atoms in total. The standard InChI is InChI=1S/C11H16BrN3O3S/c1-11(2,3)18-10(17)14-5-4-13-9(16)7-8(12)19-6-15-7/h6H,4-5H2,1-3H3,(H,13,16)(H,14,17). The van der Waals surface area contributed by atoms with Gasteiger partial charge in [-0.1, -0.05) is 0 Å². The molecule has 0 saturated carbocycles. The number of nitrogens with zero attached hydrogens (tertiary/aromatic N) is 1. The topological polar surface area (TPSA) is 80.3 Å². The van der Waals surface area contributed by atoms with Crippen LogP contribution < -0.4 is 10.6 Å². The van der Waals surface area contributed by atoms with Crippen molar-refractivity contribution >= 4 is 39.3 Å². The minimum Gasteiger partial charge on any atom is -0.444 e. The molecule has 0 fully saturated rings. The maximum Gasteiger partial charge on any atom is 0.407 e. The Hall–Kier alpha value is -1.15. The van der Waals surface area contributed by atoms with Crippen LogP contribution in [0.25, 0.3) is 0 Å². The number of halogens is 1. The fourth-order valence-electron chi connectivity index (χ4n) is 1.12. The van der Waals surface area contributed by atoms with E-state index in [-0.39, 0.29) is 5.91 Å². The Morgan fingerprint density at radius 1 is 1.37 bits per heavy atom. The molecule has 1 rings (SSSR count). The van der Waals surface area contributed by atoms with Crippen molar-refractivity contribution in [1.82, 2.24) is 15.6 Å². The van der Waals surface area contributed by atoms with Crippen LogP contribution in [-0.4, -0.2) is 35.7 Å². The van der Waals surface area contributed by atoms with Crippen molar-refractivity contribution in [3.63, 3.8) is 0 Å². The molecule has 0 spiro atoms. The number of ether oxygens (including phenoxy) is 1. The van der Waals surface area contributed by atoms with Gasteiger partial charge < -0.3 is 15.4 Å². The van der Waals surface area contributed by atoms with E-state index in [9.17, 15) is 9.59 Å². The first-order chi connectivity index (χ1) is 8.79. The van der Waals surface area contributed by atoms with E-state index in [1.54, 1.807) is 26.3 Å². The highest BCUT2D eigenvalue weighted by Gasteiger charge is 2.16. The molecule has 1 heterocycles. The molecular formula is C11H16BrN3O3S. The Morgan fingerprint density at radius 3 is 2.53 bits per heavy atom. The van der Waals surface area contributed by atoms with Gasteiger partial charge in [-0.3, -0.25) is 4.79 Å². The summed E-state index contributed by atoms with van der Waals surface area (Å²) in [5.74, 6) is -0.279. The highest BCUT2D eigenvalue weighted by atomic mass is 79.9. The number of aromatic nitrogens is 1. The summed E-state index contributed by atoms with van der Waals surface area (Å²) in [4.78, 5) is 26.9. The van der Waals surface area contributed by atoms with Crippen LogP contribution in [-0.2, 0) is 4.74 Å². The molecule has 0 saturated heterocycles. The van der Waals surface area contributed by atoms with Gasteiger partial charge in [0.25, 0.3) is 5.91 Å². The Bertz CT molecular complexity index is 456. The largest absolute Gasteiger partial charge is 0.444 e. The molecule has 1 aromatic rings. The third kappa shape index (κ3) is 6.02. The number of nitrogens with one attached hydrogen (secondary N) is 2. The Morgan fingerprint density at radius 2 is 2.00 bits per heavy atom. The van der Waals surface area contributed by atoms with Gasteiger partial charge in [0.1, 0.15) is 9.39 Å². The third-order valence-electron chi connectivity index (χ3n) is 1.82. The smallest absolute Gasteiger partial charge is 0.407 e. The van der Waals surface area contributed by atoms with Crippen LogP contribution in [0, 0.1) is 0 Å². The molecule has 0 bridgehead atoms. The maximum absolute atomic E-state index is 11.7. The molecule has 2 N–H and O–H groups in total. The summed E-state index contributed by atoms with van der Waals surface area (Å²) in [5.41, 5.74) is 1.40. The molecule has 0 aliphatic heterocycles. The Kier molecular flexibility index (Phi) is 5.74. The van der Waals surface area contributed by atoms with Crippen molar-refractivity contribution in [1.29, 1.82) is 0 Å². The molecular weight excluding hydrogens is 334 g/mol. The molecule has 0 aliphatic rings. The van der Waals surface area contributed by atoms with Gasteiger partial charge in [-0.05, 0) is 36.7 Å². The summed E-state index contributed by atoms with van der Waals surface area (Å²) >= 11 is 4.58. The molecule has 2 amide bonds. The number of hydrogen-bond acceptors (Lipinski definition) is 5. The molecule has 0 radical (unpaired) electrons. The van der Waals surface area contributed by atoms with Crippen molar-refractivity contribution < 1.29 is 14.3 Å². The monoisotopic (exact) mass is 349 g/mol. The number of amides is 2. The Labute approximate surface area is 124 Å². The molecule has 0 atom stereocenters. The van der Waals surface area contributed by atoms with Gasteiger partial charge in [0.15, 0.2) is 5.69 Å². The first-order valence-electron chi connectivity index (χ1n) is 5.63. The molecule has 0 aromatic carbocycles. The van der Waals surface area contributed by atoms with Gasteiger partial charge in [0, 0.05) is 13.1 Å². The quantitative estimate of drug-likeness (QED) is 0.816. The summed E-state index contributed by atoms with van der Waals surface area (Å²) in [6.45, 7) is 5.96. The van der Waals surface area contributed by atoms with Gasteiger partial charge in [0.2, 0.25) is 0 Å². The van der Waals surface area contributed by atoms with Crippen LogP contribution in [0.5, 0.6) is 0 Å². The molecule has 1 aromatic heterocycles. The number of hydrogen-bond donors (Lipinski definition) is 2. The van der Waals surface area contributed by atoms with Crippen LogP contribution in [0.2, 0.25) is 0 Å². The zero-order chi connectivity index (χ0) is 14.5. The molecule has 19 heavy (non-hydrogen) atoms. The van der Waals surface area contributed by atoms with Crippen molar-refractivity contribution in [2.24, 2.45) is 0 Å². The zero-order valence-electron chi connectivity index (χ0n) is 10.9. The van der Waals surface area contributed by atoms with Crippen molar-refractivity contribution in [2.45, 2.75) is 26.4 Å². The van der Waals surface area contributed by atoms with Crippen LogP contribution in [0.15, 0.2) is 9.30 Å². The second-order valence-corrected chi connectivity index (χ2v) is 6.83. The summed E-state index contributed by atoms with van der Waals surface area (Å²) in [7, 11) is 0. The van der Waals surface area contributed by atoms with E-state index in [4.69, 9.17) is 4.74 Å². The van der Waals surface area contributed by atoms with Crippen molar-refractivity contribution in [3.8, 4) is 0 Å². The molecule has 0 unspecified atom stereocenters.